The summed E-state index contributed by atoms with van der Waals surface area (Å²) in [7, 11) is 1.47. The molecule has 2 aliphatic heterocycles. The number of nitrogens with zero attached hydrogens (tertiary/aromatic N) is 2. The topological polar surface area (TPSA) is 116 Å². The van der Waals surface area contributed by atoms with Crippen molar-refractivity contribution in [1.82, 2.24) is 15.1 Å². The Balaban J connectivity index is 2.19. The monoisotopic (exact) mass is 457 g/mol. The molecular formula is C21H35N3O6S. The van der Waals surface area contributed by atoms with E-state index in [0.717, 1.165) is 0 Å². The van der Waals surface area contributed by atoms with Crippen LogP contribution in [0.3, 0.4) is 0 Å². The van der Waals surface area contributed by atoms with Crippen molar-refractivity contribution in [3.63, 3.8) is 0 Å². The third-order valence-corrected chi connectivity index (χ3v) is 7.15. The van der Waals surface area contributed by atoms with Crippen LogP contribution in [0.2, 0.25) is 0 Å². The molecule has 3 amide bonds. The highest BCUT2D eigenvalue weighted by molar-refractivity contribution is 7.99. The van der Waals surface area contributed by atoms with Gasteiger partial charge in [-0.2, -0.15) is 0 Å². The fourth-order valence-electron chi connectivity index (χ4n) is 3.87. The minimum Gasteiger partial charge on any atom is -0.480 e. The number of carbonyl (C=O) groups is 4. The van der Waals surface area contributed by atoms with Crippen LogP contribution in [0.4, 0.5) is 4.79 Å². The van der Waals surface area contributed by atoms with Gasteiger partial charge in [-0.05, 0) is 58.6 Å². The number of likely N-dealkylation sites (N-methyl/N-ethyl adjacent to an activating group) is 1. The van der Waals surface area contributed by atoms with Gasteiger partial charge in [-0.3, -0.25) is 14.5 Å². The Labute approximate surface area is 188 Å². The second-order valence-electron chi connectivity index (χ2n) is 10.4. The molecule has 2 rings (SSSR count). The number of aliphatic carboxylic acids is 1. The van der Waals surface area contributed by atoms with Crippen molar-refractivity contribution in [3.8, 4) is 0 Å². The minimum absolute atomic E-state index is 0.233. The smallest absolute Gasteiger partial charge is 0.410 e. The van der Waals surface area contributed by atoms with Crippen LogP contribution in [-0.2, 0) is 19.1 Å². The van der Waals surface area contributed by atoms with E-state index in [1.165, 1.54) is 16.8 Å². The quantitative estimate of drug-likeness (QED) is 0.665. The Morgan fingerprint density at radius 1 is 1.23 bits per heavy atom. The Morgan fingerprint density at radius 3 is 2.32 bits per heavy atom. The van der Waals surface area contributed by atoms with Crippen molar-refractivity contribution >= 4 is 35.6 Å². The standard InChI is InChI=1S/C21H35N3O6S/c1-19(2,3)30-18(29)23(8)21(6,7)17(28)22-12-9-10-31-13-11-20(4,5)14(16(26)27)24(13)15(12)25/h12-14H,9-11H2,1-8H3,(H,22,28)(H,26,27)/t12-,13-,14+/m0/s1. The largest absolute Gasteiger partial charge is 0.480 e. The molecule has 2 fully saturated rings. The van der Waals surface area contributed by atoms with E-state index in [1.54, 1.807) is 46.4 Å². The Bertz CT molecular complexity index is 761. The number of carbonyl (C=O) groups excluding carboxylic acids is 3. The molecule has 2 aliphatic rings. The maximum Gasteiger partial charge on any atom is 0.410 e. The number of thioether (sulfide) groups is 1. The molecule has 0 aromatic carbocycles. The molecule has 0 aromatic heterocycles. The number of carboxylic acids is 1. The van der Waals surface area contributed by atoms with Crippen LogP contribution in [0.25, 0.3) is 0 Å². The van der Waals surface area contributed by atoms with E-state index in [2.05, 4.69) is 5.32 Å². The van der Waals surface area contributed by atoms with E-state index < -0.39 is 52.5 Å². The van der Waals surface area contributed by atoms with E-state index in [1.807, 2.05) is 13.8 Å². The van der Waals surface area contributed by atoms with Crippen LogP contribution in [0, 0.1) is 5.41 Å². The van der Waals surface area contributed by atoms with E-state index in [9.17, 15) is 24.3 Å². The van der Waals surface area contributed by atoms with Gasteiger partial charge in [-0.15, -0.1) is 11.8 Å². The molecule has 0 saturated carbocycles. The van der Waals surface area contributed by atoms with Gasteiger partial charge in [0.1, 0.15) is 23.2 Å². The molecule has 9 nitrogen and oxygen atoms in total. The van der Waals surface area contributed by atoms with Gasteiger partial charge in [0.05, 0.1) is 5.37 Å². The van der Waals surface area contributed by atoms with Crippen LogP contribution in [-0.4, -0.2) is 80.2 Å². The molecule has 2 heterocycles. The molecule has 0 aliphatic carbocycles. The van der Waals surface area contributed by atoms with Crippen molar-refractivity contribution in [3.05, 3.63) is 0 Å². The second kappa shape index (κ2) is 8.52. The molecule has 10 heteroatoms. The van der Waals surface area contributed by atoms with Crippen molar-refractivity contribution in [1.29, 1.82) is 0 Å². The molecule has 0 spiro atoms. The minimum atomic E-state index is -1.28. The zero-order valence-corrected chi connectivity index (χ0v) is 20.5. The lowest BCUT2D eigenvalue weighted by Crippen LogP contribution is -2.61. The van der Waals surface area contributed by atoms with Crippen molar-refractivity contribution in [2.45, 2.75) is 89.9 Å². The van der Waals surface area contributed by atoms with Gasteiger partial charge in [0.25, 0.3) is 0 Å². The van der Waals surface area contributed by atoms with E-state index in [-0.39, 0.29) is 5.37 Å². The molecule has 3 atom stereocenters. The Kier molecular flexibility index (Phi) is 6.95. The maximum atomic E-state index is 13.3. The third kappa shape index (κ3) is 5.27. The summed E-state index contributed by atoms with van der Waals surface area (Å²) < 4.78 is 5.35. The first-order valence-corrected chi connectivity index (χ1v) is 11.5. The van der Waals surface area contributed by atoms with Gasteiger partial charge in [0, 0.05) is 7.05 Å². The van der Waals surface area contributed by atoms with Crippen LogP contribution in [0.5, 0.6) is 0 Å². The summed E-state index contributed by atoms with van der Waals surface area (Å²) >= 11 is 1.54. The number of carboxylic acid groups (broad SMARTS) is 1. The number of amides is 3. The summed E-state index contributed by atoms with van der Waals surface area (Å²) in [6, 6.07) is -1.81. The van der Waals surface area contributed by atoms with E-state index >= 15 is 0 Å². The number of hydrogen-bond donors (Lipinski definition) is 2. The zero-order chi connectivity index (χ0) is 23.9. The van der Waals surface area contributed by atoms with E-state index in [0.29, 0.717) is 18.6 Å². The summed E-state index contributed by atoms with van der Waals surface area (Å²) in [5.41, 5.74) is -2.56. The zero-order valence-electron chi connectivity index (χ0n) is 19.6. The highest BCUT2D eigenvalue weighted by Gasteiger charge is 2.55. The fourth-order valence-corrected chi connectivity index (χ4v) is 5.45. The number of hydrogen-bond acceptors (Lipinski definition) is 6. The van der Waals surface area contributed by atoms with Gasteiger partial charge in [0.2, 0.25) is 11.8 Å². The average molecular weight is 458 g/mol. The summed E-state index contributed by atoms with van der Waals surface area (Å²) in [5, 5.41) is 12.3. The number of nitrogens with one attached hydrogen (secondary N) is 1. The van der Waals surface area contributed by atoms with Gasteiger partial charge < -0.3 is 20.1 Å². The van der Waals surface area contributed by atoms with Crippen LogP contribution in [0.15, 0.2) is 0 Å². The number of fused-ring (bicyclic) bond motifs is 1. The SMILES string of the molecule is CN(C(=O)OC(C)(C)C)C(C)(C)C(=O)N[C@H]1CCS[C@H]2CC(C)(C)[C@@H](C(=O)O)N2C1=O. The first-order valence-electron chi connectivity index (χ1n) is 10.4. The van der Waals surface area contributed by atoms with Crippen molar-refractivity contribution in [2.24, 2.45) is 5.41 Å². The fraction of sp³-hybridized carbons (Fsp3) is 0.810. The van der Waals surface area contributed by atoms with E-state index in [4.69, 9.17) is 4.74 Å². The highest BCUT2D eigenvalue weighted by Crippen LogP contribution is 2.46. The summed E-state index contributed by atoms with van der Waals surface area (Å²) in [4.78, 5) is 53.4. The Morgan fingerprint density at radius 2 is 1.81 bits per heavy atom. The maximum absolute atomic E-state index is 13.3. The molecule has 176 valence electrons. The molecule has 31 heavy (non-hydrogen) atoms. The van der Waals surface area contributed by atoms with Crippen molar-refractivity contribution < 1.29 is 29.0 Å². The predicted molar refractivity (Wildman–Crippen MR) is 118 cm³/mol. The molecule has 0 bridgehead atoms. The Hall–Kier alpha value is -1.97. The molecule has 2 N–H and O–H groups in total. The molecular weight excluding hydrogens is 422 g/mol. The molecule has 0 radical (unpaired) electrons. The summed E-state index contributed by atoms with van der Waals surface area (Å²) in [6.45, 7) is 12.1. The predicted octanol–water partition coefficient (Wildman–Crippen LogP) is 2.29. The highest BCUT2D eigenvalue weighted by atomic mass is 32.2. The van der Waals surface area contributed by atoms with Gasteiger partial charge in [-0.1, -0.05) is 13.8 Å². The van der Waals surface area contributed by atoms with Gasteiger partial charge in [0.15, 0.2) is 0 Å². The first-order chi connectivity index (χ1) is 14.0. The lowest BCUT2D eigenvalue weighted by Gasteiger charge is -2.37. The molecule has 2 saturated heterocycles. The normalized spacial score (nSPS) is 26.0. The first kappa shape index (κ1) is 25.3. The third-order valence-electron chi connectivity index (χ3n) is 5.90. The summed E-state index contributed by atoms with van der Waals surface area (Å²) in [6.07, 6.45) is 0.317. The number of rotatable bonds is 4. The van der Waals surface area contributed by atoms with Crippen LogP contribution < -0.4 is 5.32 Å². The second-order valence-corrected chi connectivity index (χ2v) is 11.7. The molecule has 0 unspecified atom stereocenters. The lowest BCUT2D eigenvalue weighted by molar-refractivity contribution is -0.152. The lowest BCUT2D eigenvalue weighted by atomic mass is 9.84. The average Bonchev–Trinajstić information content (AvgIpc) is 2.79. The van der Waals surface area contributed by atoms with Gasteiger partial charge in [-0.25, -0.2) is 9.59 Å². The summed E-state index contributed by atoms with van der Waals surface area (Å²) in [5.74, 6) is -1.33. The van der Waals surface area contributed by atoms with Crippen LogP contribution in [0.1, 0.15) is 61.3 Å². The molecule has 0 aromatic rings. The number of ether oxygens (including phenoxy) is 1. The van der Waals surface area contributed by atoms with Crippen LogP contribution >= 0.6 is 11.8 Å². The van der Waals surface area contributed by atoms with Gasteiger partial charge >= 0.3 is 12.1 Å². The van der Waals surface area contributed by atoms with Crippen molar-refractivity contribution in [2.75, 3.05) is 12.8 Å².